The fourth-order valence-electron chi connectivity index (χ4n) is 3.35. The Morgan fingerprint density at radius 3 is 2.44 bits per heavy atom. The van der Waals surface area contributed by atoms with E-state index < -0.39 is 0 Å². The molecule has 2 amide bonds. The summed E-state index contributed by atoms with van der Waals surface area (Å²) in [4.78, 5) is 30.5. The van der Waals surface area contributed by atoms with Gasteiger partial charge in [0.1, 0.15) is 0 Å². The molecule has 1 N–H and O–H groups in total. The van der Waals surface area contributed by atoms with Crippen LogP contribution in [-0.4, -0.2) is 56.4 Å². The van der Waals surface area contributed by atoms with Gasteiger partial charge in [0.05, 0.1) is 28.8 Å². The molecule has 0 bridgehead atoms. The number of anilines is 2. The smallest absolute Gasteiger partial charge is 0.286 e. The summed E-state index contributed by atoms with van der Waals surface area (Å²) in [6.07, 6.45) is 0. The van der Waals surface area contributed by atoms with Crippen molar-refractivity contribution < 1.29 is 14.3 Å². The summed E-state index contributed by atoms with van der Waals surface area (Å²) >= 11 is 2.59. The van der Waals surface area contributed by atoms with Crippen molar-refractivity contribution in [2.45, 2.75) is 4.90 Å². The molecule has 0 aliphatic carbocycles. The average Bonchev–Trinajstić information content (AvgIpc) is 3.27. The lowest BCUT2D eigenvalue weighted by Gasteiger charge is -2.28. The van der Waals surface area contributed by atoms with Gasteiger partial charge in [0, 0.05) is 37.6 Å². The molecule has 2 heterocycles. The molecule has 8 heteroatoms. The summed E-state index contributed by atoms with van der Waals surface area (Å²) in [6.45, 7) is 2.96. The molecule has 32 heavy (non-hydrogen) atoms. The molecule has 6 nitrogen and oxygen atoms in total. The number of nitrogens with one attached hydrogen (secondary N) is 1. The summed E-state index contributed by atoms with van der Waals surface area (Å²) in [5, 5.41) is 3.99. The van der Waals surface area contributed by atoms with Gasteiger partial charge in [-0.05, 0) is 35.5 Å². The first kappa shape index (κ1) is 22.4. The van der Waals surface area contributed by atoms with Gasteiger partial charge in [0.2, 0.25) is 0 Å². The standard InChI is InChI=1S/C24H25N3O3S2/c1-26(2)24(29)32-20-11-7-6-10-19(20)25-22(28)21-16-18(17-8-4-3-5-9-17)23(31-21)27-12-14-30-15-13-27/h3-11,16H,12-15H2,1-2H3,(H,25,28). The Bertz CT molecular complexity index is 1090. The van der Waals surface area contributed by atoms with Gasteiger partial charge in [0.25, 0.3) is 11.1 Å². The zero-order valence-electron chi connectivity index (χ0n) is 18.0. The van der Waals surface area contributed by atoms with Crippen molar-refractivity contribution in [1.29, 1.82) is 0 Å². The Hall–Kier alpha value is -2.81. The maximum atomic E-state index is 13.2. The number of nitrogens with zero attached hydrogens (tertiary/aromatic N) is 2. The van der Waals surface area contributed by atoms with Crippen molar-refractivity contribution in [1.82, 2.24) is 4.90 Å². The van der Waals surface area contributed by atoms with E-state index in [9.17, 15) is 9.59 Å². The van der Waals surface area contributed by atoms with Gasteiger partial charge in [-0.25, -0.2) is 0 Å². The Morgan fingerprint density at radius 1 is 1.03 bits per heavy atom. The van der Waals surface area contributed by atoms with Crippen molar-refractivity contribution in [2.75, 3.05) is 50.6 Å². The van der Waals surface area contributed by atoms with Crippen LogP contribution in [0.25, 0.3) is 11.1 Å². The van der Waals surface area contributed by atoms with Crippen molar-refractivity contribution in [3.63, 3.8) is 0 Å². The van der Waals surface area contributed by atoms with Crippen LogP contribution in [0.15, 0.2) is 65.6 Å². The van der Waals surface area contributed by atoms with Gasteiger partial charge in [-0.2, -0.15) is 0 Å². The minimum absolute atomic E-state index is 0.0937. The maximum absolute atomic E-state index is 13.2. The zero-order valence-corrected chi connectivity index (χ0v) is 19.7. The first-order chi connectivity index (χ1) is 15.5. The normalized spacial score (nSPS) is 13.6. The Morgan fingerprint density at radius 2 is 1.72 bits per heavy atom. The van der Waals surface area contributed by atoms with E-state index in [1.54, 1.807) is 14.1 Å². The van der Waals surface area contributed by atoms with Crippen molar-refractivity contribution in [3.8, 4) is 11.1 Å². The molecular formula is C24H25N3O3S2. The van der Waals surface area contributed by atoms with Crippen LogP contribution in [0.1, 0.15) is 9.67 Å². The topological polar surface area (TPSA) is 61.9 Å². The molecule has 166 valence electrons. The van der Waals surface area contributed by atoms with Crippen molar-refractivity contribution in [2.24, 2.45) is 0 Å². The summed E-state index contributed by atoms with van der Waals surface area (Å²) in [5.41, 5.74) is 2.75. The molecule has 0 atom stereocenters. The van der Waals surface area contributed by atoms with Gasteiger partial charge in [-0.3, -0.25) is 9.59 Å². The first-order valence-electron chi connectivity index (χ1n) is 10.3. The molecule has 1 aliphatic heterocycles. The minimum Gasteiger partial charge on any atom is -0.378 e. The number of amides is 2. The summed E-state index contributed by atoms with van der Waals surface area (Å²) in [5.74, 6) is -0.183. The summed E-state index contributed by atoms with van der Waals surface area (Å²) in [6, 6.07) is 19.4. The number of rotatable bonds is 5. The summed E-state index contributed by atoms with van der Waals surface area (Å²) < 4.78 is 5.51. The van der Waals surface area contributed by atoms with Crippen molar-refractivity contribution in [3.05, 3.63) is 65.5 Å². The van der Waals surface area contributed by atoms with E-state index in [0.717, 1.165) is 41.0 Å². The molecule has 1 aromatic heterocycles. The highest BCUT2D eigenvalue weighted by Gasteiger charge is 2.22. The minimum atomic E-state index is -0.183. The third-order valence-electron chi connectivity index (χ3n) is 5.02. The number of carbonyl (C=O) groups excluding carboxylic acids is 2. The molecule has 4 rings (SSSR count). The van der Waals surface area contributed by atoms with Crippen LogP contribution in [0.2, 0.25) is 0 Å². The van der Waals surface area contributed by atoms with Gasteiger partial charge < -0.3 is 19.9 Å². The quantitative estimate of drug-likeness (QED) is 0.518. The Labute approximate surface area is 196 Å². The van der Waals surface area contributed by atoms with Gasteiger partial charge in [-0.15, -0.1) is 11.3 Å². The van der Waals surface area contributed by atoms with E-state index in [2.05, 4.69) is 22.3 Å². The summed E-state index contributed by atoms with van der Waals surface area (Å²) in [7, 11) is 3.42. The highest BCUT2D eigenvalue weighted by atomic mass is 32.2. The number of benzene rings is 2. The SMILES string of the molecule is CN(C)C(=O)Sc1ccccc1NC(=O)c1cc(-c2ccccc2)c(N2CCOCC2)s1. The fraction of sp³-hybridized carbons (Fsp3) is 0.250. The number of morpholine rings is 1. The van der Waals surface area contributed by atoms with Crippen LogP contribution >= 0.6 is 23.1 Å². The number of para-hydroxylation sites is 1. The lowest BCUT2D eigenvalue weighted by molar-refractivity contribution is 0.103. The number of thiophene rings is 1. The number of thioether (sulfide) groups is 1. The number of hydrogen-bond donors (Lipinski definition) is 1. The van der Waals surface area contributed by atoms with Crippen LogP contribution in [0.3, 0.4) is 0 Å². The number of ether oxygens (including phenoxy) is 1. The number of carbonyl (C=O) groups is 2. The lowest BCUT2D eigenvalue weighted by Crippen LogP contribution is -2.35. The molecule has 1 saturated heterocycles. The fourth-order valence-corrected chi connectivity index (χ4v) is 5.22. The maximum Gasteiger partial charge on any atom is 0.286 e. The van der Waals surface area contributed by atoms with Gasteiger partial charge in [0.15, 0.2) is 0 Å². The van der Waals surface area contributed by atoms with Gasteiger partial charge >= 0.3 is 0 Å². The first-order valence-corrected chi connectivity index (χ1v) is 12.0. The van der Waals surface area contributed by atoms with E-state index in [-0.39, 0.29) is 11.1 Å². The van der Waals surface area contributed by atoms with Crippen LogP contribution in [0.4, 0.5) is 15.5 Å². The Balaban J connectivity index is 1.62. The van der Waals surface area contributed by atoms with E-state index in [0.29, 0.717) is 28.7 Å². The highest BCUT2D eigenvalue weighted by molar-refractivity contribution is 8.13. The molecule has 0 unspecified atom stereocenters. The molecule has 0 spiro atoms. The third-order valence-corrected chi connectivity index (χ3v) is 7.33. The molecule has 1 fully saturated rings. The van der Waals surface area contributed by atoms with Crippen LogP contribution < -0.4 is 10.2 Å². The lowest BCUT2D eigenvalue weighted by atomic mass is 10.1. The van der Waals surface area contributed by atoms with Gasteiger partial charge in [-0.1, -0.05) is 42.5 Å². The van der Waals surface area contributed by atoms with E-state index in [4.69, 9.17) is 4.74 Å². The van der Waals surface area contributed by atoms with E-state index >= 15 is 0 Å². The molecule has 3 aromatic rings. The molecule has 2 aromatic carbocycles. The monoisotopic (exact) mass is 467 g/mol. The van der Waals surface area contributed by atoms with E-state index in [1.807, 2.05) is 48.5 Å². The predicted octanol–water partition coefficient (Wildman–Crippen LogP) is 5.28. The third kappa shape index (κ3) is 5.15. The Kier molecular flexibility index (Phi) is 7.14. The highest BCUT2D eigenvalue weighted by Crippen LogP contribution is 2.40. The van der Waals surface area contributed by atoms with Crippen LogP contribution in [-0.2, 0) is 4.74 Å². The largest absolute Gasteiger partial charge is 0.378 e. The van der Waals surface area contributed by atoms with E-state index in [1.165, 1.54) is 16.2 Å². The second-order valence-corrected chi connectivity index (χ2v) is 9.53. The van der Waals surface area contributed by atoms with Crippen LogP contribution in [0.5, 0.6) is 0 Å². The zero-order chi connectivity index (χ0) is 22.5. The number of hydrogen-bond acceptors (Lipinski definition) is 6. The molecular weight excluding hydrogens is 442 g/mol. The van der Waals surface area contributed by atoms with Crippen LogP contribution in [0, 0.1) is 0 Å². The average molecular weight is 468 g/mol. The van der Waals surface area contributed by atoms with Crippen molar-refractivity contribution >= 4 is 44.9 Å². The molecule has 0 saturated carbocycles. The second-order valence-electron chi connectivity index (χ2n) is 7.51. The second kappa shape index (κ2) is 10.2. The predicted molar refractivity (Wildman–Crippen MR) is 132 cm³/mol. The molecule has 0 radical (unpaired) electrons. The molecule has 1 aliphatic rings.